The van der Waals surface area contributed by atoms with Gasteiger partial charge >= 0.3 is 0 Å². The normalized spacial score (nSPS) is 14.8. The SMILES string of the molecule is C/C(=N\NC(=O)c1cccc(N2CCCC2=O)c1)c1ccccc1. The number of carbonyl (C=O) groups excluding carboxylic acids is 2. The lowest BCUT2D eigenvalue weighted by Crippen LogP contribution is -2.24. The zero-order valence-electron chi connectivity index (χ0n) is 13.5. The van der Waals surface area contributed by atoms with E-state index in [0.717, 1.165) is 23.4 Å². The van der Waals surface area contributed by atoms with Crippen LogP contribution < -0.4 is 10.3 Å². The largest absolute Gasteiger partial charge is 0.312 e. The van der Waals surface area contributed by atoms with Crippen molar-refractivity contribution < 1.29 is 9.59 Å². The van der Waals surface area contributed by atoms with E-state index in [1.807, 2.05) is 43.3 Å². The van der Waals surface area contributed by atoms with Gasteiger partial charge in [-0.2, -0.15) is 5.10 Å². The minimum atomic E-state index is -0.293. The highest BCUT2D eigenvalue weighted by Crippen LogP contribution is 2.22. The first-order valence-electron chi connectivity index (χ1n) is 7.95. The van der Waals surface area contributed by atoms with Crippen molar-refractivity contribution in [2.45, 2.75) is 19.8 Å². The Bertz CT molecular complexity index is 784. The van der Waals surface area contributed by atoms with Crippen LogP contribution in [-0.4, -0.2) is 24.1 Å². The Hall–Kier alpha value is -2.95. The Morgan fingerprint density at radius 3 is 2.54 bits per heavy atom. The average molecular weight is 321 g/mol. The molecule has 1 saturated heterocycles. The first-order chi connectivity index (χ1) is 11.6. The van der Waals surface area contributed by atoms with Crippen LogP contribution in [0.2, 0.25) is 0 Å². The van der Waals surface area contributed by atoms with E-state index < -0.39 is 0 Å². The molecule has 0 bridgehead atoms. The molecule has 5 nitrogen and oxygen atoms in total. The quantitative estimate of drug-likeness (QED) is 0.695. The van der Waals surface area contributed by atoms with E-state index in [0.29, 0.717) is 18.5 Å². The van der Waals surface area contributed by atoms with Crippen molar-refractivity contribution in [1.82, 2.24) is 5.43 Å². The Morgan fingerprint density at radius 2 is 1.83 bits per heavy atom. The fourth-order valence-electron chi connectivity index (χ4n) is 2.68. The lowest BCUT2D eigenvalue weighted by atomic mass is 10.1. The van der Waals surface area contributed by atoms with Gasteiger partial charge in [-0.3, -0.25) is 9.59 Å². The van der Waals surface area contributed by atoms with E-state index in [-0.39, 0.29) is 11.8 Å². The third-order valence-electron chi connectivity index (χ3n) is 4.01. The predicted octanol–water partition coefficient (Wildman–Crippen LogP) is 2.97. The van der Waals surface area contributed by atoms with Crippen molar-refractivity contribution in [3.63, 3.8) is 0 Å². The monoisotopic (exact) mass is 321 g/mol. The van der Waals surface area contributed by atoms with Gasteiger partial charge in [-0.1, -0.05) is 36.4 Å². The van der Waals surface area contributed by atoms with Crippen molar-refractivity contribution in [3.05, 3.63) is 65.7 Å². The van der Waals surface area contributed by atoms with Crippen LogP contribution in [0.25, 0.3) is 0 Å². The zero-order chi connectivity index (χ0) is 16.9. The number of anilines is 1. The van der Waals surface area contributed by atoms with Gasteiger partial charge in [-0.05, 0) is 37.1 Å². The summed E-state index contributed by atoms with van der Waals surface area (Å²) in [5.74, 6) is -0.190. The van der Waals surface area contributed by atoms with Crippen LogP contribution in [0.3, 0.4) is 0 Å². The molecule has 2 aromatic rings. The summed E-state index contributed by atoms with van der Waals surface area (Å²) >= 11 is 0. The highest BCUT2D eigenvalue weighted by atomic mass is 16.2. The summed E-state index contributed by atoms with van der Waals surface area (Å²) in [5, 5.41) is 4.15. The molecule has 2 aromatic carbocycles. The number of nitrogens with zero attached hydrogens (tertiary/aromatic N) is 2. The van der Waals surface area contributed by atoms with E-state index in [9.17, 15) is 9.59 Å². The summed E-state index contributed by atoms with van der Waals surface area (Å²) in [6.45, 7) is 2.55. The second kappa shape index (κ2) is 7.08. The molecule has 0 radical (unpaired) electrons. The summed E-state index contributed by atoms with van der Waals surface area (Å²) in [7, 11) is 0. The van der Waals surface area contributed by atoms with Crippen molar-refractivity contribution in [2.75, 3.05) is 11.4 Å². The van der Waals surface area contributed by atoms with Crippen molar-refractivity contribution >= 4 is 23.2 Å². The number of amides is 2. The molecule has 0 aromatic heterocycles. The van der Waals surface area contributed by atoms with Crippen LogP contribution in [0.5, 0.6) is 0 Å². The number of hydrazone groups is 1. The number of carbonyl (C=O) groups is 2. The minimum Gasteiger partial charge on any atom is -0.312 e. The van der Waals surface area contributed by atoms with Gasteiger partial charge in [0.1, 0.15) is 0 Å². The van der Waals surface area contributed by atoms with Gasteiger partial charge in [0, 0.05) is 24.2 Å². The first-order valence-corrected chi connectivity index (χ1v) is 7.95. The van der Waals surface area contributed by atoms with Gasteiger partial charge in [-0.15, -0.1) is 0 Å². The Kier molecular flexibility index (Phi) is 4.70. The number of rotatable bonds is 4. The first kappa shape index (κ1) is 15.9. The van der Waals surface area contributed by atoms with E-state index in [1.165, 1.54) is 0 Å². The van der Waals surface area contributed by atoms with E-state index in [1.54, 1.807) is 23.1 Å². The fourth-order valence-corrected chi connectivity index (χ4v) is 2.68. The number of hydrogen-bond donors (Lipinski definition) is 1. The summed E-state index contributed by atoms with van der Waals surface area (Å²) in [6, 6.07) is 16.7. The highest BCUT2D eigenvalue weighted by molar-refractivity contribution is 6.01. The Balaban J connectivity index is 1.72. The van der Waals surface area contributed by atoms with Crippen LogP contribution in [0.4, 0.5) is 5.69 Å². The maximum Gasteiger partial charge on any atom is 0.271 e. The maximum atomic E-state index is 12.3. The zero-order valence-corrected chi connectivity index (χ0v) is 13.5. The molecular formula is C19H19N3O2. The molecule has 0 aliphatic carbocycles. The van der Waals surface area contributed by atoms with Crippen LogP contribution in [0.15, 0.2) is 59.7 Å². The molecule has 0 saturated carbocycles. The summed E-state index contributed by atoms with van der Waals surface area (Å²) < 4.78 is 0. The van der Waals surface area contributed by atoms with Crippen LogP contribution >= 0.6 is 0 Å². The molecule has 3 rings (SSSR count). The van der Waals surface area contributed by atoms with Crippen molar-refractivity contribution in [1.29, 1.82) is 0 Å². The summed E-state index contributed by atoms with van der Waals surface area (Å²) in [5.41, 5.74) is 5.50. The van der Waals surface area contributed by atoms with Gasteiger partial charge in [0.2, 0.25) is 5.91 Å². The van der Waals surface area contributed by atoms with Gasteiger partial charge in [-0.25, -0.2) is 5.43 Å². The smallest absolute Gasteiger partial charge is 0.271 e. The van der Waals surface area contributed by atoms with Gasteiger partial charge in [0.25, 0.3) is 5.91 Å². The minimum absolute atomic E-state index is 0.102. The summed E-state index contributed by atoms with van der Waals surface area (Å²) in [6.07, 6.45) is 1.42. The van der Waals surface area contributed by atoms with Crippen LogP contribution in [0, 0.1) is 0 Å². The highest BCUT2D eigenvalue weighted by Gasteiger charge is 2.22. The van der Waals surface area contributed by atoms with E-state index in [4.69, 9.17) is 0 Å². The molecule has 1 heterocycles. The molecule has 1 fully saturated rings. The number of benzene rings is 2. The average Bonchev–Trinajstić information content (AvgIpc) is 3.06. The standard InChI is InChI=1S/C19H19N3O2/c1-14(15-7-3-2-4-8-15)20-21-19(24)16-9-5-10-17(13-16)22-12-6-11-18(22)23/h2-5,7-10,13H,6,11-12H2,1H3,(H,21,24)/b20-14+. The Morgan fingerprint density at radius 1 is 1.08 bits per heavy atom. The number of hydrogen-bond acceptors (Lipinski definition) is 3. The van der Waals surface area contributed by atoms with Gasteiger partial charge in [0.05, 0.1) is 5.71 Å². The second-order valence-electron chi connectivity index (χ2n) is 5.70. The van der Waals surface area contributed by atoms with Gasteiger partial charge in [0.15, 0.2) is 0 Å². The van der Waals surface area contributed by atoms with Gasteiger partial charge < -0.3 is 4.90 Å². The van der Waals surface area contributed by atoms with Crippen LogP contribution in [-0.2, 0) is 4.79 Å². The van der Waals surface area contributed by atoms with E-state index >= 15 is 0 Å². The molecule has 1 N–H and O–H groups in total. The topological polar surface area (TPSA) is 61.8 Å². The second-order valence-corrected chi connectivity index (χ2v) is 5.70. The number of nitrogens with one attached hydrogen (secondary N) is 1. The molecule has 0 spiro atoms. The molecule has 1 aliphatic rings. The molecule has 5 heteroatoms. The molecule has 24 heavy (non-hydrogen) atoms. The molecule has 2 amide bonds. The lowest BCUT2D eigenvalue weighted by molar-refractivity contribution is -0.117. The Labute approximate surface area is 141 Å². The van der Waals surface area contributed by atoms with Crippen molar-refractivity contribution in [2.24, 2.45) is 5.10 Å². The van der Waals surface area contributed by atoms with E-state index in [2.05, 4.69) is 10.5 Å². The third kappa shape index (κ3) is 3.51. The third-order valence-corrected chi connectivity index (χ3v) is 4.01. The van der Waals surface area contributed by atoms with Crippen molar-refractivity contribution in [3.8, 4) is 0 Å². The molecule has 1 aliphatic heterocycles. The molecule has 0 unspecified atom stereocenters. The van der Waals surface area contributed by atoms with Crippen LogP contribution in [0.1, 0.15) is 35.7 Å². The maximum absolute atomic E-state index is 12.3. The molecular weight excluding hydrogens is 302 g/mol. The lowest BCUT2D eigenvalue weighted by Gasteiger charge is -2.16. The molecule has 0 atom stereocenters. The molecule has 122 valence electrons. The predicted molar refractivity (Wildman–Crippen MR) is 94.1 cm³/mol. The fraction of sp³-hybridized carbons (Fsp3) is 0.211. The summed E-state index contributed by atoms with van der Waals surface area (Å²) in [4.78, 5) is 25.9.